The molecule has 2 aromatic rings. The summed E-state index contributed by atoms with van der Waals surface area (Å²) in [5, 5.41) is 8.75. The molecule has 0 saturated carbocycles. The molecule has 18 heavy (non-hydrogen) atoms. The summed E-state index contributed by atoms with van der Waals surface area (Å²) in [4.78, 5) is 12.2. The zero-order valence-electron chi connectivity index (χ0n) is 9.85. The van der Waals surface area contributed by atoms with Crippen LogP contribution in [-0.4, -0.2) is 10.4 Å². The van der Waals surface area contributed by atoms with Crippen LogP contribution in [0.25, 0.3) is 0 Å². The van der Waals surface area contributed by atoms with Gasteiger partial charge in [-0.2, -0.15) is 5.26 Å². The Morgan fingerprint density at radius 1 is 1.33 bits per heavy atom. The fraction of sp³-hybridized carbons (Fsp3) is 0.143. The van der Waals surface area contributed by atoms with Crippen LogP contribution in [0.15, 0.2) is 36.5 Å². The van der Waals surface area contributed by atoms with Crippen molar-refractivity contribution in [1.82, 2.24) is 4.57 Å². The molecular weight excluding hydrogens is 231 g/mol. The summed E-state index contributed by atoms with van der Waals surface area (Å²) in [7, 11) is 1.79. The van der Waals surface area contributed by atoms with Crippen molar-refractivity contribution in [3.8, 4) is 6.07 Å². The van der Waals surface area contributed by atoms with Gasteiger partial charge in [-0.3, -0.25) is 4.79 Å². The second-order valence-corrected chi connectivity index (χ2v) is 3.96. The Labute approximate surface area is 104 Å². The molecule has 4 heteroatoms. The van der Waals surface area contributed by atoms with Crippen molar-refractivity contribution in [2.45, 2.75) is 6.42 Å². The lowest BCUT2D eigenvalue weighted by Crippen LogP contribution is -2.06. The molecule has 90 valence electrons. The molecule has 0 aliphatic carbocycles. The average Bonchev–Trinajstić information content (AvgIpc) is 2.72. The van der Waals surface area contributed by atoms with Crippen LogP contribution in [-0.2, 0) is 13.5 Å². The summed E-state index contributed by atoms with van der Waals surface area (Å²) in [5.74, 6) is -0.572. The first-order chi connectivity index (χ1) is 8.63. The number of nitriles is 1. The van der Waals surface area contributed by atoms with E-state index < -0.39 is 0 Å². The lowest BCUT2D eigenvalue weighted by molar-refractivity contribution is 0.103. The third-order valence-electron chi connectivity index (χ3n) is 2.80. The van der Waals surface area contributed by atoms with E-state index in [0.29, 0.717) is 16.8 Å². The van der Waals surface area contributed by atoms with E-state index in [1.807, 2.05) is 6.07 Å². The fourth-order valence-electron chi connectivity index (χ4n) is 1.82. The quantitative estimate of drug-likeness (QED) is 0.776. The number of ketones is 1. The van der Waals surface area contributed by atoms with Gasteiger partial charge in [-0.1, -0.05) is 0 Å². The molecular formula is C14H11FN2O. The standard InChI is InChI=1S/C14H11FN2O/c1-17-9-7-12(13(17)6-8-16)14(18)10-2-4-11(15)5-3-10/h2-5,7,9H,6H2,1H3. The van der Waals surface area contributed by atoms with Crippen LogP contribution >= 0.6 is 0 Å². The summed E-state index contributed by atoms with van der Waals surface area (Å²) in [6.07, 6.45) is 1.91. The number of aryl methyl sites for hydroxylation is 1. The van der Waals surface area contributed by atoms with Gasteiger partial charge in [0.1, 0.15) is 5.82 Å². The highest BCUT2D eigenvalue weighted by Crippen LogP contribution is 2.16. The fourth-order valence-corrected chi connectivity index (χ4v) is 1.82. The maximum atomic E-state index is 12.8. The number of benzene rings is 1. The van der Waals surface area contributed by atoms with Crippen LogP contribution in [0.4, 0.5) is 4.39 Å². The van der Waals surface area contributed by atoms with Crippen molar-refractivity contribution < 1.29 is 9.18 Å². The Balaban J connectivity index is 2.40. The van der Waals surface area contributed by atoms with Crippen LogP contribution in [0.5, 0.6) is 0 Å². The van der Waals surface area contributed by atoms with Crippen LogP contribution in [0.2, 0.25) is 0 Å². The highest BCUT2D eigenvalue weighted by molar-refractivity contribution is 6.09. The number of hydrogen-bond acceptors (Lipinski definition) is 2. The monoisotopic (exact) mass is 242 g/mol. The van der Waals surface area contributed by atoms with Gasteiger partial charge in [-0.15, -0.1) is 0 Å². The number of carbonyl (C=O) groups excluding carboxylic acids is 1. The van der Waals surface area contributed by atoms with E-state index >= 15 is 0 Å². The molecule has 0 spiro atoms. The zero-order chi connectivity index (χ0) is 13.1. The van der Waals surface area contributed by atoms with Crippen molar-refractivity contribution in [2.75, 3.05) is 0 Å². The van der Waals surface area contributed by atoms with Gasteiger partial charge in [0.05, 0.1) is 12.5 Å². The molecule has 1 heterocycles. The molecule has 0 aliphatic heterocycles. The maximum Gasteiger partial charge on any atom is 0.194 e. The van der Waals surface area contributed by atoms with Crippen LogP contribution in [0.1, 0.15) is 21.6 Å². The van der Waals surface area contributed by atoms with E-state index in [1.54, 1.807) is 23.9 Å². The van der Waals surface area contributed by atoms with Gasteiger partial charge < -0.3 is 4.57 Å². The normalized spacial score (nSPS) is 10.1. The smallest absolute Gasteiger partial charge is 0.194 e. The van der Waals surface area contributed by atoms with E-state index in [-0.39, 0.29) is 18.0 Å². The van der Waals surface area contributed by atoms with Crippen molar-refractivity contribution in [1.29, 1.82) is 5.26 Å². The number of halogens is 1. The molecule has 0 unspecified atom stereocenters. The Kier molecular flexibility index (Phi) is 3.24. The Hall–Kier alpha value is -2.41. The average molecular weight is 242 g/mol. The number of hydrogen-bond donors (Lipinski definition) is 0. The molecule has 0 saturated heterocycles. The molecule has 1 aromatic heterocycles. The van der Waals surface area contributed by atoms with Crippen molar-refractivity contribution in [3.63, 3.8) is 0 Å². The molecule has 0 atom stereocenters. The molecule has 0 fully saturated rings. The van der Waals surface area contributed by atoms with Crippen molar-refractivity contribution in [2.24, 2.45) is 7.05 Å². The number of carbonyl (C=O) groups is 1. The summed E-state index contributed by atoms with van der Waals surface area (Å²) in [6, 6.07) is 9.10. The summed E-state index contributed by atoms with van der Waals surface area (Å²) >= 11 is 0. The minimum atomic E-state index is -0.378. The molecule has 2 rings (SSSR count). The highest BCUT2D eigenvalue weighted by atomic mass is 19.1. The first-order valence-corrected chi connectivity index (χ1v) is 5.45. The van der Waals surface area contributed by atoms with E-state index in [4.69, 9.17) is 5.26 Å². The van der Waals surface area contributed by atoms with Gasteiger partial charge in [-0.05, 0) is 30.3 Å². The third-order valence-corrected chi connectivity index (χ3v) is 2.80. The Morgan fingerprint density at radius 3 is 2.61 bits per heavy atom. The van der Waals surface area contributed by atoms with E-state index in [1.165, 1.54) is 24.3 Å². The predicted octanol–water partition coefficient (Wildman–Crippen LogP) is 2.46. The minimum Gasteiger partial charge on any atom is -0.353 e. The van der Waals surface area contributed by atoms with Gasteiger partial charge in [0.15, 0.2) is 5.78 Å². The first kappa shape index (κ1) is 12.1. The number of nitrogens with zero attached hydrogens (tertiary/aromatic N) is 2. The largest absolute Gasteiger partial charge is 0.353 e. The summed E-state index contributed by atoms with van der Waals surface area (Å²) in [5.41, 5.74) is 1.58. The summed E-state index contributed by atoms with van der Waals surface area (Å²) in [6.45, 7) is 0. The van der Waals surface area contributed by atoms with Gasteiger partial charge >= 0.3 is 0 Å². The lowest BCUT2D eigenvalue weighted by atomic mass is 10.0. The summed E-state index contributed by atoms with van der Waals surface area (Å²) < 4.78 is 14.5. The molecule has 0 aliphatic rings. The molecule has 0 bridgehead atoms. The van der Waals surface area contributed by atoms with E-state index in [2.05, 4.69) is 0 Å². The van der Waals surface area contributed by atoms with E-state index in [9.17, 15) is 9.18 Å². The van der Waals surface area contributed by atoms with Gasteiger partial charge in [-0.25, -0.2) is 4.39 Å². The van der Waals surface area contributed by atoms with Crippen molar-refractivity contribution in [3.05, 3.63) is 59.2 Å². The second-order valence-electron chi connectivity index (χ2n) is 3.96. The van der Waals surface area contributed by atoms with Gasteiger partial charge in [0.25, 0.3) is 0 Å². The second kappa shape index (κ2) is 4.84. The minimum absolute atomic E-state index is 0.172. The van der Waals surface area contributed by atoms with Crippen LogP contribution in [0, 0.1) is 17.1 Å². The first-order valence-electron chi connectivity index (χ1n) is 5.45. The topological polar surface area (TPSA) is 45.8 Å². The van der Waals surface area contributed by atoms with Crippen LogP contribution < -0.4 is 0 Å². The molecule has 3 nitrogen and oxygen atoms in total. The highest BCUT2D eigenvalue weighted by Gasteiger charge is 2.16. The van der Waals surface area contributed by atoms with Crippen LogP contribution in [0.3, 0.4) is 0 Å². The Morgan fingerprint density at radius 2 is 2.00 bits per heavy atom. The lowest BCUT2D eigenvalue weighted by Gasteiger charge is -2.03. The van der Waals surface area contributed by atoms with Gasteiger partial charge in [0.2, 0.25) is 0 Å². The molecule has 1 aromatic carbocycles. The molecule has 0 amide bonds. The zero-order valence-corrected chi connectivity index (χ0v) is 9.85. The number of aromatic nitrogens is 1. The molecule has 0 radical (unpaired) electrons. The maximum absolute atomic E-state index is 12.8. The van der Waals surface area contributed by atoms with E-state index in [0.717, 1.165) is 0 Å². The Bertz CT molecular complexity index is 620. The number of rotatable bonds is 3. The molecule has 0 N–H and O–H groups in total. The van der Waals surface area contributed by atoms with Crippen molar-refractivity contribution >= 4 is 5.78 Å². The predicted molar refractivity (Wildman–Crippen MR) is 64.6 cm³/mol. The third kappa shape index (κ3) is 2.16. The SMILES string of the molecule is Cn1ccc(C(=O)c2ccc(F)cc2)c1CC#N. The van der Waals surface area contributed by atoms with Gasteiger partial charge in [0, 0.05) is 30.1 Å².